The lowest BCUT2D eigenvalue weighted by Gasteiger charge is -2.27. The molecule has 0 bridgehead atoms. The van der Waals surface area contributed by atoms with Crippen LogP contribution in [-0.4, -0.2) is 27.6 Å². The van der Waals surface area contributed by atoms with E-state index in [-0.39, 0.29) is 12.2 Å². The highest BCUT2D eigenvalue weighted by Crippen LogP contribution is 2.33. The van der Waals surface area contributed by atoms with Gasteiger partial charge < -0.3 is 9.84 Å². The van der Waals surface area contributed by atoms with Crippen LogP contribution in [0.2, 0.25) is 0 Å². The SMILES string of the molecule is Cc1nn(-c2ccccc2)c(C)c1C1CC(O)CCO1. The molecular weight excluding hydrogens is 252 g/mol. The number of hydrogen-bond acceptors (Lipinski definition) is 3. The Kier molecular flexibility index (Phi) is 3.59. The molecule has 0 radical (unpaired) electrons. The fourth-order valence-corrected chi connectivity index (χ4v) is 2.92. The normalized spacial score (nSPS) is 22.9. The maximum absolute atomic E-state index is 9.84. The van der Waals surface area contributed by atoms with Crippen molar-refractivity contribution in [2.24, 2.45) is 0 Å². The standard InChI is InChI=1S/C16H20N2O2/c1-11-16(15-10-14(19)8-9-20-15)12(2)18(17-11)13-6-4-3-5-7-13/h3-7,14-15,19H,8-10H2,1-2H3. The summed E-state index contributed by atoms with van der Waals surface area (Å²) in [5, 5.41) is 14.5. The van der Waals surface area contributed by atoms with Gasteiger partial charge in [-0.2, -0.15) is 5.10 Å². The molecule has 0 spiro atoms. The van der Waals surface area contributed by atoms with E-state index in [1.807, 2.05) is 41.9 Å². The van der Waals surface area contributed by atoms with Gasteiger partial charge in [-0.25, -0.2) is 4.68 Å². The van der Waals surface area contributed by atoms with E-state index in [4.69, 9.17) is 4.74 Å². The monoisotopic (exact) mass is 272 g/mol. The highest BCUT2D eigenvalue weighted by atomic mass is 16.5. The number of ether oxygens (including phenoxy) is 1. The molecular formula is C16H20N2O2. The van der Waals surface area contributed by atoms with Crippen LogP contribution in [0, 0.1) is 13.8 Å². The third kappa shape index (κ3) is 2.37. The lowest BCUT2D eigenvalue weighted by Crippen LogP contribution is -2.24. The Bertz CT molecular complexity index is 592. The molecule has 1 fully saturated rings. The van der Waals surface area contributed by atoms with E-state index >= 15 is 0 Å². The molecule has 2 heterocycles. The molecule has 4 heteroatoms. The minimum atomic E-state index is -0.271. The molecule has 1 aliphatic rings. The van der Waals surface area contributed by atoms with Crippen LogP contribution in [0.5, 0.6) is 0 Å². The second kappa shape index (κ2) is 5.38. The summed E-state index contributed by atoms with van der Waals surface area (Å²) in [6.45, 7) is 4.68. The van der Waals surface area contributed by atoms with Crippen LogP contribution in [0.1, 0.15) is 35.9 Å². The summed E-state index contributed by atoms with van der Waals surface area (Å²) in [5.74, 6) is 0. The quantitative estimate of drug-likeness (QED) is 0.914. The molecule has 1 saturated heterocycles. The van der Waals surface area contributed by atoms with Gasteiger partial charge in [0.25, 0.3) is 0 Å². The van der Waals surface area contributed by atoms with Crippen molar-refractivity contribution < 1.29 is 9.84 Å². The topological polar surface area (TPSA) is 47.3 Å². The van der Waals surface area contributed by atoms with Crippen molar-refractivity contribution in [1.82, 2.24) is 9.78 Å². The van der Waals surface area contributed by atoms with Gasteiger partial charge in [0.1, 0.15) is 0 Å². The molecule has 3 rings (SSSR count). The Balaban J connectivity index is 1.99. The molecule has 20 heavy (non-hydrogen) atoms. The molecule has 2 aromatic rings. The van der Waals surface area contributed by atoms with E-state index in [0.29, 0.717) is 13.0 Å². The van der Waals surface area contributed by atoms with Gasteiger partial charge in [-0.05, 0) is 32.4 Å². The van der Waals surface area contributed by atoms with Crippen LogP contribution >= 0.6 is 0 Å². The van der Waals surface area contributed by atoms with Gasteiger partial charge >= 0.3 is 0 Å². The van der Waals surface area contributed by atoms with Gasteiger partial charge in [-0.1, -0.05) is 18.2 Å². The maximum atomic E-state index is 9.84. The number of rotatable bonds is 2. The van der Waals surface area contributed by atoms with E-state index in [1.165, 1.54) is 0 Å². The number of benzene rings is 1. The average molecular weight is 272 g/mol. The number of aliphatic hydroxyl groups excluding tert-OH is 1. The predicted octanol–water partition coefficient (Wildman–Crippen LogP) is 2.70. The van der Waals surface area contributed by atoms with Gasteiger partial charge in [0.05, 0.1) is 23.6 Å². The molecule has 0 aliphatic carbocycles. The third-order valence-corrected chi connectivity index (χ3v) is 3.93. The van der Waals surface area contributed by atoms with E-state index in [9.17, 15) is 5.11 Å². The van der Waals surface area contributed by atoms with Crippen LogP contribution < -0.4 is 0 Å². The molecule has 106 valence electrons. The highest BCUT2D eigenvalue weighted by molar-refractivity contribution is 5.38. The van der Waals surface area contributed by atoms with Crippen LogP contribution in [0.3, 0.4) is 0 Å². The van der Waals surface area contributed by atoms with Crippen molar-refractivity contribution in [3.05, 3.63) is 47.3 Å². The molecule has 0 amide bonds. The first kappa shape index (κ1) is 13.3. The van der Waals surface area contributed by atoms with E-state index in [1.54, 1.807) is 0 Å². The van der Waals surface area contributed by atoms with E-state index in [2.05, 4.69) is 12.0 Å². The zero-order chi connectivity index (χ0) is 14.1. The minimum absolute atomic E-state index is 0.0452. The Morgan fingerprint density at radius 1 is 1.25 bits per heavy atom. The second-order valence-corrected chi connectivity index (χ2v) is 5.37. The van der Waals surface area contributed by atoms with Crippen molar-refractivity contribution in [2.45, 2.75) is 38.9 Å². The molecule has 4 nitrogen and oxygen atoms in total. The molecule has 1 aromatic carbocycles. The van der Waals surface area contributed by atoms with Crippen molar-refractivity contribution in [3.63, 3.8) is 0 Å². The van der Waals surface area contributed by atoms with Gasteiger partial charge in [0, 0.05) is 24.3 Å². The molecule has 1 aliphatic heterocycles. The lowest BCUT2D eigenvalue weighted by atomic mass is 9.98. The first-order valence-corrected chi connectivity index (χ1v) is 7.08. The Hall–Kier alpha value is -1.65. The van der Waals surface area contributed by atoms with Crippen LogP contribution in [0.4, 0.5) is 0 Å². The summed E-state index contributed by atoms with van der Waals surface area (Å²) in [6, 6.07) is 10.1. The van der Waals surface area contributed by atoms with Crippen molar-refractivity contribution in [3.8, 4) is 5.69 Å². The summed E-state index contributed by atoms with van der Waals surface area (Å²) >= 11 is 0. The molecule has 0 saturated carbocycles. The van der Waals surface area contributed by atoms with Crippen molar-refractivity contribution in [1.29, 1.82) is 0 Å². The van der Waals surface area contributed by atoms with Gasteiger partial charge in [0.2, 0.25) is 0 Å². The number of hydrogen-bond donors (Lipinski definition) is 1. The molecule has 1 aromatic heterocycles. The maximum Gasteiger partial charge on any atom is 0.0885 e. The third-order valence-electron chi connectivity index (χ3n) is 3.93. The smallest absolute Gasteiger partial charge is 0.0885 e. The number of aromatic nitrogens is 2. The molecule has 2 atom stereocenters. The zero-order valence-electron chi connectivity index (χ0n) is 11.9. The number of aliphatic hydroxyl groups is 1. The first-order chi connectivity index (χ1) is 9.66. The Labute approximate surface area is 119 Å². The van der Waals surface area contributed by atoms with Crippen molar-refractivity contribution in [2.75, 3.05) is 6.61 Å². The van der Waals surface area contributed by atoms with Gasteiger partial charge in [0.15, 0.2) is 0 Å². The largest absolute Gasteiger partial charge is 0.393 e. The summed E-state index contributed by atoms with van der Waals surface area (Å²) in [7, 11) is 0. The van der Waals surface area contributed by atoms with Crippen LogP contribution in [-0.2, 0) is 4.74 Å². The summed E-state index contributed by atoms with van der Waals surface area (Å²) in [4.78, 5) is 0. The van der Waals surface area contributed by atoms with E-state index < -0.39 is 0 Å². The summed E-state index contributed by atoms with van der Waals surface area (Å²) in [5.41, 5.74) is 4.24. The fourth-order valence-electron chi connectivity index (χ4n) is 2.92. The Morgan fingerprint density at radius 3 is 2.70 bits per heavy atom. The molecule has 1 N–H and O–H groups in total. The summed E-state index contributed by atoms with van der Waals surface area (Å²) in [6.07, 6.45) is 1.06. The number of nitrogens with zero attached hydrogens (tertiary/aromatic N) is 2. The highest BCUT2D eigenvalue weighted by Gasteiger charge is 2.27. The van der Waals surface area contributed by atoms with Crippen LogP contribution in [0.15, 0.2) is 30.3 Å². The van der Waals surface area contributed by atoms with E-state index in [0.717, 1.165) is 29.1 Å². The van der Waals surface area contributed by atoms with Crippen LogP contribution in [0.25, 0.3) is 5.69 Å². The second-order valence-electron chi connectivity index (χ2n) is 5.37. The van der Waals surface area contributed by atoms with Gasteiger partial charge in [-0.3, -0.25) is 0 Å². The number of aryl methyl sites for hydroxylation is 1. The number of para-hydroxylation sites is 1. The minimum Gasteiger partial charge on any atom is -0.393 e. The average Bonchev–Trinajstić information content (AvgIpc) is 2.75. The van der Waals surface area contributed by atoms with Crippen molar-refractivity contribution >= 4 is 0 Å². The zero-order valence-corrected chi connectivity index (χ0v) is 11.9. The molecule has 2 unspecified atom stereocenters. The fraction of sp³-hybridized carbons (Fsp3) is 0.438. The first-order valence-electron chi connectivity index (χ1n) is 7.08. The van der Waals surface area contributed by atoms with Gasteiger partial charge in [-0.15, -0.1) is 0 Å². The Morgan fingerprint density at radius 2 is 2.00 bits per heavy atom. The predicted molar refractivity (Wildman–Crippen MR) is 77.0 cm³/mol. The summed E-state index contributed by atoms with van der Waals surface area (Å²) < 4.78 is 7.79. The lowest BCUT2D eigenvalue weighted by molar-refractivity contribution is -0.0452.